The highest BCUT2D eigenvalue weighted by atomic mass is 35.5. The topological polar surface area (TPSA) is 182 Å². The van der Waals surface area contributed by atoms with Crippen LogP contribution in [0.3, 0.4) is 0 Å². The fraction of sp³-hybridized carbons (Fsp3) is 0.525. The molecule has 6 N–H and O–H groups in total. The Hall–Kier alpha value is -5.16. The molecule has 0 saturated heterocycles. The average Bonchev–Trinajstić information content (AvgIpc) is 3.41. The van der Waals surface area contributed by atoms with Gasteiger partial charge in [-0.25, -0.2) is 14.6 Å². The van der Waals surface area contributed by atoms with Crippen molar-refractivity contribution in [3.8, 4) is 42.3 Å². The van der Waals surface area contributed by atoms with E-state index >= 15 is 0 Å². The second-order valence-electron chi connectivity index (χ2n) is 14.0. The smallest absolute Gasteiger partial charge is 0.407 e. The lowest BCUT2D eigenvalue weighted by Gasteiger charge is -2.19. The van der Waals surface area contributed by atoms with Crippen molar-refractivity contribution in [3.05, 3.63) is 39.9 Å². The number of hydrogen-bond donors (Lipinski definition) is 4. The molecule has 0 spiro atoms. The lowest BCUT2D eigenvalue weighted by atomic mass is 10.1. The molecule has 0 atom stereocenters. The van der Waals surface area contributed by atoms with Gasteiger partial charge in [-0.05, 0) is 81.2 Å². The molecule has 0 radical (unpaired) electrons. The normalized spacial score (nSPS) is 10.5. The Balaban J connectivity index is 0.000000633. The predicted octanol–water partition coefficient (Wildman–Crippen LogP) is 6.68. The first kappa shape index (κ1) is 46.9. The Bertz CT molecular complexity index is 1820. The molecule has 294 valence electrons. The van der Waals surface area contributed by atoms with Gasteiger partial charge in [-0.3, -0.25) is 4.98 Å². The van der Waals surface area contributed by atoms with Gasteiger partial charge in [0.2, 0.25) is 5.95 Å². The number of carbonyl (C=O) groups is 2. The van der Waals surface area contributed by atoms with Crippen LogP contribution in [-0.4, -0.2) is 69.7 Å². The predicted molar refractivity (Wildman–Crippen MR) is 216 cm³/mol. The number of nitrogens with one attached hydrogen (secondary N) is 2. The highest BCUT2D eigenvalue weighted by Gasteiger charge is 2.18. The van der Waals surface area contributed by atoms with Crippen LogP contribution in [0.1, 0.15) is 102 Å². The molecular formula is C40H57ClN8O5. The van der Waals surface area contributed by atoms with E-state index in [0.717, 1.165) is 41.8 Å². The molecule has 0 bridgehead atoms. The van der Waals surface area contributed by atoms with Crippen LogP contribution in [-0.2, 0) is 16.0 Å². The highest BCUT2D eigenvalue weighted by molar-refractivity contribution is 6.34. The largest absolute Gasteiger partial charge is 0.496 e. The maximum atomic E-state index is 11.7. The molecule has 14 heteroatoms. The molecule has 3 heterocycles. The van der Waals surface area contributed by atoms with Gasteiger partial charge in [-0.1, -0.05) is 23.4 Å². The number of methoxy groups -OCH3 is 1. The Labute approximate surface area is 326 Å². The lowest BCUT2D eigenvalue weighted by molar-refractivity contribution is 0.0516. The quantitative estimate of drug-likeness (QED) is 0.0935. The van der Waals surface area contributed by atoms with Crippen molar-refractivity contribution in [3.63, 3.8) is 0 Å². The van der Waals surface area contributed by atoms with E-state index in [4.69, 9.17) is 50.1 Å². The number of nitrogens with two attached hydrogens (primary N) is 2. The van der Waals surface area contributed by atoms with Gasteiger partial charge in [0.1, 0.15) is 27.8 Å². The fourth-order valence-corrected chi connectivity index (χ4v) is 4.78. The number of fused-ring (bicyclic) bond motifs is 1. The number of unbranched alkanes of at least 4 members (excludes halogenated alkanes) is 3. The molecular weight excluding hydrogens is 708 g/mol. The number of ether oxygens (including phenoxy) is 3. The third-order valence-corrected chi connectivity index (χ3v) is 7.09. The van der Waals surface area contributed by atoms with Gasteiger partial charge in [0.05, 0.1) is 30.3 Å². The molecule has 0 aliphatic heterocycles. The molecule has 3 rings (SSSR count). The second-order valence-corrected chi connectivity index (χ2v) is 14.3. The van der Waals surface area contributed by atoms with Crippen LogP contribution in [0, 0.1) is 50.4 Å². The number of aryl methyl sites for hydroxylation is 1. The summed E-state index contributed by atoms with van der Waals surface area (Å²) < 4.78 is 17.7. The van der Waals surface area contributed by atoms with Crippen LogP contribution in [0.25, 0.3) is 11.0 Å². The number of alkyl carbamates (subject to hydrolysis) is 2. The molecule has 0 fully saturated rings. The summed E-state index contributed by atoms with van der Waals surface area (Å²) in [7, 11) is 1.65. The SMILES string of the molecule is C#CCCCN.C#CCCCNC(=O)OC(C)(C)C.COc1c(C)cnc(Cn2cc(C#CCCCNC(=O)OC(C)(C)C)c3c(Cl)nc(N)nc32)c1C. The molecule has 54 heavy (non-hydrogen) atoms. The first-order chi connectivity index (χ1) is 25.4. The van der Waals surface area contributed by atoms with Crippen molar-refractivity contribution in [1.82, 2.24) is 30.2 Å². The molecule has 0 aromatic carbocycles. The molecule has 0 saturated carbocycles. The minimum Gasteiger partial charge on any atom is -0.496 e. The summed E-state index contributed by atoms with van der Waals surface area (Å²) in [6, 6.07) is 0. The van der Waals surface area contributed by atoms with E-state index in [1.54, 1.807) is 13.3 Å². The molecule has 3 aromatic rings. The highest BCUT2D eigenvalue weighted by Crippen LogP contribution is 2.29. The number of hydrogen-bond acceptors (Lipinski definition) is 10. The third-order valence-electron chi connectivity index (χ3n) is 6.82. The van der Waals surface area contributed by atoms with Crippen LogP contribution < -0.4 is 26.8 Å². The van der Waals surface area contributed by atoms with Crippen molar-refractivity contribution in [2.24, 2.45) is 5.73 Å². The number of pyridine rings is 1. The van der Waals surface area contributed by atoms with Crippen molar-refractivity contribution in [1.29, 1.82) is 0 Å². The van der Waals surface area contributed by atoms with Gasteiger partial charge in [0.25, 0.3) is 0 Å². The summed E-state index contributed by atoms with van der Waals surface area (Å²) in [6.45, 7) is 17.1. The van der Waals surface area contributed by atoms with Crippen LogP contribution in [0.15, 0.2) is 12.4 Å². The van der Waals surface area contributed by atoms with Crippen molar-refractivity contribution in [2.45, 2.75) is 112 Å². The number of nitrogen functional groups attached to an aromatic ring is 1. The molecule has 0 aliphatic carbocycles. The summed E-state index contributed by atoms with van der Waals surface area (Å²) >= 11 is 6.42. The zero-order valence-corrected chi connectivity index (χ0v) is 34.0. The summed E-state index contributed by atoms with van der Waals surface area (Å²) in [5.74, 6) is 12.2. The summed E-state index contributed by atoms with van der Waals surface area (Å²) in [4.78, 5) is 35.9. The van der Waals surface area contributed by atoms with Gasteiger partial charge < -0.3 is 40.9 Å². The minimum atomic E-state index is -0.527. The second kappa shape index (κ2) is 23.5. The number of terminal acetylenes is 2. The van der Waals surface area contributed by atoms with E-state index in [1.165, 1.54) is 0 Å². The molecule has 0 unspecified atom stereocenters. The number of amides is 2. The van der Waals surface area contributed by atoms with Gasteiger partial charge in [-0.2, -0.15) is 4.98 Å². The van der Waals surface area contributed by atoms with Crippen molar-refractivity contribution < 1.29 is 23.8 Å². The van der Waals surface area contributed by atoms with E-state index < -0.39 is 17.3 Å². The molecule has 2 amide bonds. The van der Waals surface area contributed by atoms with Crippen LogP contribution >= 0.6 is 11.6 Å². The maximum Gasteiger partial charge on any atom is 0.407 e. The lowest BCUT2D eigenvalue weighted by Crippen LogP contribution is -2.32. The Morgan fingerprint density at radius 1 is 0.926 bits per heavy atom. The molecule has 13 nitrogen and oxygen atoms in total. The zero-order chi connectivity index (χ0) is 40.9. The number of carbonyl (C=O) groups excluding carboxylic acids is 2. The van der Waals surface area contributed by atoms with Crippen molar-refractivity contribution >= 4 is 40.8 Å². The number of anilines is 1. The first-order valence-electron chi connectivity index (χ1n) is 17.7. The van der Waals surface area contributed by atoms with Gasteiger partial charge >= 0.3 is 12.2 Å². The number of nitrogens with zero attached hydrogens (tertiary/aromatic N) is 4. The van der Waals surface area contributed by atoms with Gasteiger partial charge in [-0.15, -0.1) is 24.7 Å². The Kier molecular flexibility index (Phi) is 20.4. The standard InChI is InChI=1S/C25H31ClN6O3.C10H17NO2.C5H9N/c1-15-12-29-18(16(2)20(15)34-6)14-32-13-17(19-21(26)30-23(27)31-22(19)32)10-8-7-9-11-28-24(33)35-25(3,4)5;1-5-6-7-8-11-9(12)13-10(2,3)4;1-2-3-4-5-6/h12-13H,7,9,11,14H2,1-6H3,(H,28,33)(H2,27,30,31);1H,6-8H2,2-4H3,(H,11,12);1H,3-6H2. The molecule has 3 aromatic heterocycles. The number of rotatable bonds is 11. The van der Waals surface area contributed by atoms with Crippen LogP contribution in [0.5, 0.6) is 5.75 Å². The monoisotopic (exact) mass is 764 g/mol. The summed E-state index contributed by atoms with van der Waals surface area (Å²) in [6.07, 6.45) is 17.3. The van der Waals surface area contributed by atoms with Crippen LogP contribution in [0.2, 0.25) is 5.15 Å². The molecule has 0 aliphatic rings. The first-order valence-corrected chi connectivity index (χ1v) is 18.1. The zero-order valence-electron chi connectivity index (χ0n) is 33.2. The number of aromatic nitrogens is 4. The van der Waals surface area contributed by atoms with Gasteiger partial charge in [0, 0.05) is 55.9 Å². The fourth-order valence-electron chi connectivity index (χ4n) is 4.50. The van der Waals surface area contributed by atoms with E-state index in [2.05, 4.69) is 49.3 Å². The summed E-state index contributed by atoms with van der Waals surface area (Å²) in [5.41, 5.74) is 14.1. The maximum absolute atomic E-state index is 11.7. The Morgan fingerprint density at radius 2 is 1.48 bits per heavy atom. The average molecular weight is 765 g/mol. The van der Waals surface area contributed by atoms with Crippen LogP contribution in [0.4, 0.5) is 15.5 Å². The van der Waals surface area contributed by atoms with Gasteiger partial charge in [0.15, 0.2) is 0 Å². The van der Waals surface area contributed by atoms with E-state index in [0.29, 0.717) is 62.0 Å². The Morgan fingerprint density at radius 3 is 1.98 bits per heavy atom. The van der Waals surface area contributed by atoms with E-state index in [9.17, 15) is 9.59 Å². The van der Waals surface area contributed by atoms with E-state index in [1.807, 2.05) is 66.2 Å². The van der Waals surface area contributed by atoms with Crippen molar-refractivity contribution in [2.75, 3.05) is 32.5 Å². The minimum absolute atomic E-state index is 0.0840. The van der Waals surface area contributed by atoms with E-state index in [-0.39, 0.29) is 17.2 Å². The number of halogens is 1. The summed E-state index contributed by atoms with van der Waals surface area (Å²) in [5, 5.41) is 6.22. The third kappa shape index (κ3) is 18.1.